The van der Waals surface area contributed by atoms with Crippen molar-refractivity contribution in [3.05, 3.63) is 70.3 Å². The highest BCUT2D eigenvalue weighted by molar-refractivity contribution is 7.09. The summed E-state index contributed by atoms with van der Waals surface area (Å²) in [6.07, 6.45) is 1.08. The van der Waals surface area contributed by atoms with Crippen LogP contribution < -0.4 is 10.1 Å². The summed E-state index contributed by atoms with van der Waals surface area (Å²) in [6.45, 7) is 0.919. The maximum atomic E-state index is 13.7. The Kier molecular flexibility index (Phi) is 5.70. The number of anilines is 1. The monoisotopic (exact) mass is 345 g/mol. The Hall–Kier alpha value is -2.51. The van der Waals surface area contributed by atoms with E-state index in [0.29, 0.717) is 13.2 Å². The van der Waals surface area contributed by atoms with Gasteiger partial charge in [-0.3, -0.25) is 0 Å². The van der Waals surface area contributed by atoms with Crippen LogP contribution in [-0.4, -0.2) is 16.7 Å². The Bertz CT molecular complexity index is 754. The molecule has 24 heavy (non-hydrogen) atoms. The number of rotatable bonds is 8. The fourth-order valence-electron chi connectivity index (χ4n) is 1.94. The van der Waals surface area contributed by atoms with Gasteiger partial charge in [-0.1, -0.05) is 36.4 Å². The number of hydrogen-bond acceptors (Lipinski definition) is 6. The van der Waals surface area contributed by atoms with Crippen molar-refractivity contribution < 1.29 is 13.9 Å². The number of halogens is 1. The van der Waals surface area contributed by atoms with Crippen LogP contribution in [0.15, 0.2) is 54.0 Å². The quantitative estimate of drug-likeness (QED) is 0.496. The molecule has 0 saturated carbocycles. The van der Waals surface area contributed by atoms with Gasteiger partial charge in [0.25, 0.3) is 0 Å². The first-order valence-electron chi connectivity index (χ1n) is 7.34. The Morgan fingerprint density at radius 3 is 2.75 bits per heavy atom. The van der Waals surface area contributed by atoms with Gasteiger partial charge in [0.05, 0.1) is 12.8 Å². The lowest BCUT2D eigenvalue weighted by molar-refractivity contribution is 0.138. The standard InChI is InChI=1S/C17H16FN3O2S/c18-15-9-19-17(23-11-14-7-4-8-24-14)21-16(15)20-12-22-10-13-5-2-1-3-6-13/h1-9H,10-12H2,(H,19,20,21). The summed E-state index contributed by atoms with van der Waals surface area (Å²) in [5.41, 5.74) is 1.04. The molecule has 0 atom stereocenters. The minimum absolute atomic E-state index is 0.0549. The smallest absolute Gasteiger partial charge is 0.318 e. The van der Waals surface area contributed by atoms with Crippen molar-refractivity contribution in [2.75, 3.05) is 12.0 Å². The van der Waals surface area contributed by atoms with Gasteiger partial charge in [0.1, 0.15) is 13.3 Å². The highest BCUT2D eigenvalue weighted by Gasteiger charge is 2.08. The van der Waals surface area contributed by atoms with Crippen molar-refractivity contribution in [2.24, 2.45) is 0 Å². The summed E-state index contributed by atoms with van der Waals surface area (Å²) >= 11 is 1.57. The number of thiophene rings is 1. The third kappa shape index (κ3) is 4.74. The molecule has 5 nitrogen and oxygen atoms in total. The zero-order valence-electron chi connectivity index (χ0n) is 12.8. The summed E-state index contributed by atoms with van der Waals surface area (Å²) in [5, 5.41) is 4.75. The van der Waals surface area contributed by atoms with Crippen LogP contribution in [0.1, 0.15) is 10.4 Å². The summed E-state index contributed by atoms with van der Waals surface area (Å²) in [7, 11) is 0. The van der Waals surface area contributed by atoms with Crippen LogP contribution in [0.5, 0.6) is 6.01 Å². The van der Waals surface area contributed by atoms with Crippen molar-refractivity contribution >= 4 is 17.2 Å². The number of nitrogens with zero attached hydrogens (tertiary/aromatic N) is 2. The van der Waals surface area contributed by atoms with E-state index in [1.54, 1.807) is 11.3 Å². The number of hydrogen-bond donors (Lipinski definition) is 1. The first kappa shape index (κ1) is 16.4. The van der Waals surface area contributed by atoms with Gasteiger partial charge in [0, 0.05) is 4.88 Å². The predicted octanol–water partition coefficient (Wildman–Crippen LogP) is 3.84. The molecule has 0 radical (unpaired) electrons. The molecular weight excluding hydrogens is 329 g/mol. The maximum absolute atomic E-state index is 13.7. The number of nitrogens with one attached hydrogen (secondary N) is 1. The minimum atomic E-state index is -0.554. The topological polar surface area (TPSA) is 56.3 Å². The zero-order chi connectivity index (χ0) is 16.6. The molecule has 0 bridgehead atoms. The van der Waals surface area contributed by atoms with Crippen LogP contribution >= 0.6 is 11.3 Å². The molecule has 0 fully saturated rings. The molecule has 7 heteroatoms. The molecule has 0 spiro atoms. The van der Waals surface area contributed by atoms with Gasteiger partial charge in [-0.05, 0) is 17.0 Å². The minimum Gasteiger partial charge on any atom is -0.458 e. The molecule has 2 aromatic heterocycles. The van der Waals surface area contributed by atoms with Crippen LogP contribution in [0.2, 0.25) is 0 Å². The average Bonchev–Trinajstić information content (AvgIpc) is 3.13. The molecular formula is C17H16FN3O2S. The van der Waals surface area contributed by atoms with Gasteiger partial charge in [0.15, 0.2) is 11.6 Å². The predicted molar refractivity (Wildman–Crippen MR) is 90.4 cm³/mol. The largest absolute Gasteiger partial charge is 0.458 e. The first-order valence-corrected chi connectivity index (χ1v) is 8.22. The van der Waals surface area contributed by atoms with E-state index in [0.717, 1.165) is 16.6 Å². The maximum Gasteiger partial charge on any atom is 0.318 e. The molecule has 0 aliphatic heterocycles. The Morgan fingerprint density at radius 1 is 1.08 bits per heavy atom. The zero-order valence-corrected chi connectivity index (χ0v) is 13.6. The lowest BCUT2D eigenvalue weighted by Crippen LogP contribution is -2.10. The van der Waals surface area contributed by atoms with Gasteiger partial charge < -0.3 is 14.8 Å². The van der Waals surface area contributed by atoms with Gasteiger partial charge in [0.2, 0.25) is 0 Å². The SMILES string of the molecule is Fc1cnc(OCc2cccs2)nc1NCOCc1ccccc1. The first-order chi connectivity index (χ1) is 11.8. The van der Waals surface area contributed by atoms with E-state index in [9.17, 15) is 4.39 Å². The fraction of sp³-hybridized carbons (Fsp3) is 0.176. The van der Waals surface area contributed by atoms with Crippen LogP contribution in [0.3, 0.4) is 0 Å². The lowest BCUT2D eigenvalue weighted by Gasteiger charge is -2.09. The fourth-order valence-corrected chi connectivity index (χ4v) is 2.55. The Morgan fingerprint density at radius 2 is 1.96 bits per heavy atom. The van der Waals surface area contributed by atoms with Crippen molar-refractivity contribution in [1.82, 2.24) is 9.97 Å². The van der Waals surface area contributed by atoms with E-state index in [4.69, 9.17) is 9.47 Å². The molecule has 124 valence electrons. The second kappa shape index (κ2) is 8.37. The third-order valence-electron chi connectivity index (χ3n) is 3.10. The molecule has 2 heterocycles. The van der Waals surface area contributed by atoms with Crippen LogP contribution in [0, 0.1) is 5.82 Å². The van der Waals surface area contributed by atoms with Crippen LogP contribution in [0.4, 0.5) is 10.2 Å². The van der Waals surface area contributed by atoms with Crippen LogP contribution in [-0.2, 0) is 18.0 Å². The summed E-state index contributed by atoms with van der Waals surface area (Å²) in [6, 6.07) is 13.7. The molecule has 0 saturated heterocycles. The highest BCUT2D eigenvalue weighted by atomic mass is 32.1. The molecule has 1 aromatic carbocycles. The summed E-state index contributed by atoms with van der Waals surface area (Å²) in [5.74, 6) is -0.499. The molecule has 0 unspecified atom stereocenters. The van der Waals surface area contributed by atoms with Gasteiger partial charge >= 0.3 is 6.01 Å². The second-order valence-electron chi connectivity index (χ2n) is 4.87. The van der Waals surface area contributed by atoms with E-state index in [2.05, 4.69) is 15.3 Å². The van der Waals surface area contributed by atoms with E-state index in [1.807, 2.05) is 47.8 Å². The van der Waals surface area contributed by atoms with Gasteiger partial charge in [-0.25, -0.2) is 9.37 Å². The number of aromatic nitrogens is 2. The van der Waals surface area contributed by atoms with E-state index in [-0.39, 0.29) is 18.6 Å². The normalized spacial score (nSPS) is 10.5. The highest BCUT2D eigenvalue weighted by Crippen LogP contribution is 2.16. The second-order valence-corrected chi connectivity index (χ2v) is 5.90. The Labute approximate surface area is 143 Å². The molecule has 1 N–H and O–H groups in total. The summed E-state index contributed by atoms with van der Waals surface area (Å²) in [4.78, 5) is 8.90. The third-order valence-corrected chi connectivity index (χ3v) is 3.95. The van der Waals surface area contributed by atoms with Gasteiger partial charge in [-0.15, -0.1) is 11.3 Å². The molecule has 3 rings (SSSR count). The van der Waals surface area contributed by atoms with E-state index < -0.39 is 5.82 Å². The number of ether oxygens (including phenoxy) is 2. The van der Waals surface area contributed by atoms with Gasteiger partial charge in [-0.2, -0.15) is 4.98 Å². The number of benzene rings is 1. The average molecular weight is 345 g/mol. The van der Waals surface area contributed by atoms with Crippen LogP contribution in [0.25, 0.3) is 0 Å². The van der Waals surface area contributed by atoms with E-state index in [1.165, 1.54) is 0 Å². The molecule has 0 amide bonds. The van der Waals surface area contributed by atoms with Crippen molar-refractivity contribution in [1.29, 1.82) is 0 Å². The molecule has 0 aliphatic rings. The van der Waals surface area contributed by atoms with Crippen molar-refractivity contribution in [2.45, 2.75) is 13.2 Å². The molecule has 0 aliphatic carbocycles. The lowest BCUT2D eigenvalue weighted by atomic mass is 10.2. The molecule has 3 aromatic rings. The van der Waals surface area contributed by atoms with E-state index >= 15 is 0 Å². The van der Waals surface area contributed by atoms with Crippen molar-refractivity contribution in [3.63, 3.8) is 0 Å². The van der Waals surface area contributed by atoms with Crippen molar-refractivity contribution in [3.8, 4) is 6.01 Å². The Balaban J connectivity index is 1.50. The summed E-state index contributed by atoms with van der Waals surface area (Å²) < 4.78 is 24.7.